The molecule has 1 aromatic rings. The number of halogens is 1. The van der Waals surface area contributed by atoms with Gasteiger partial charge in [-0.2, -0.15) is 5.10 Å². The molecule has 0 spiro atoms. The molecule has 0 bridgehead atoms. The Labute approximate surface area is 113 Å². The van der Waals surface area contributed by atoms with Crippen LogP contribution in [0.15, 0.2) is 4.60 Å². The van der Waals surface area contributed by atoms with Crippen molar-refractivity contribution < 1.29 is 14.3 Å². The van der Waals surface area contributed by atoms with Gasteiger partial charge in [-0.3, -0.25) is 14.3 Å². The van der Waals surface area contributed by atoms with Gasteiger partial charge in [-0.05, 0) is 22.4 Å². The first-order valence-electron chi connectivity index (χ1n) is 5.39. The number of aryl methyl sites for hydroxylation is 1. The van der Waals surface area contributed by atoms with Gasteiger partial charge in [0.15, 0.2) is 0 Å². The number of hydrogen-bond acceptors (Lipinski definition) is 5. The summed E-state index contributed by atoms with van der Waals surface area (Å²) in [5, 5.41) is 6.37. The fourth-order valence-electron chi connectivity index (χ4n) is 1.22. The first-order chi connectivity index (χ1) is 8.47. The van der Waals surface area contributed by atoms with Gasteiger partial charge in [-0.1, -0.05) is 6.92 Å². The molecule has 0 aliphatic rings. The maximum absolute atomic E-state index is 11.8. The van der Waals surface area contributed by atoms with Crippen molar-refractivity contribution in [2.24, 2.45) is 7.05 Å². The van der Waals surface area contributed by atoms with Crippen LogP contribution in [0.25, 0.3) is 0 Å². The van der Waals surface area contributed by atoms with Gasteiger partial charge in [-0.25, -0.2) is 0 Å². The highest BCUT2D eigenvalue weighted by Crippen LogP contribution is 2.20. The van der Waals surface area contributed by atoms with Crippen LogP contribution in [0.3, 0.4) is 0 Å². The zero-order valence-corrected chi connectivity index (χ0v) is 11.8. The van der Waals surface area contributed by atoms with Crippen molar-refractivity contribution in [3.05, 3.63) is 10.2 Å². The van der Waals surface area contributed by atoms with Crippen LogP contribution in [0, 0.1) is 0 Å². The SMILES string of the molecule is CCCOC(=O)CNC(=O)c1c(Br)nn(C)c1N. The van der Waals surface area contributed by atoms with Crippen molar-refractivity contribution in [2.75, 3.05) is 18.9 Å². The summed E-state index contributed by atoms with van der Waals surface area (Å²) in [6, 6.07) is 0. The third kappa shape index (κ3) is 3.46. The molecule has 1 heterocycles. The lowest BCUT2D eigenvalue weighted by Gasteiger charge is -2.05. The van der Waals surface area contributed by atoms with E-state index in [0.29, 0.717) is 11.2 Å². The standard InChI is InChI=1S/C10H15BrN4O3/c1-3-4-18-6(16)5-13-10(17)7-8(11)14-15(2)9(7)12/h3-5,12H2,1-2H3,(H,13,17). The van der Waals surface area contributed by atoms with E-state index in [1.54, 1.807) is 7.05 Å². The third-order valence-corrected chi connectivity index (χ3v) is 2.69. The number of nitrogen functional groups attached to an aromatic ring is 1. The molecule has 0 aliphatic heterocycles. The summed E-state index contributed by atoms with van der Waals surface area (Å²) < 4.78 is 6.53. The fourth-order valence-corrected chi connectivity index (χ4v) is 1.84. The Bertz CT molecular complexity index is 458. The highest BCUT2D eigenvalue weighted by Gasteiger charge is 2.19. The smallest absolute Gasteiger partial charge is 0.325 e. The van der Waals surface area contributed by atoms with Crippen LogP contribution in [0.4, 0.5) is 5.82 Å². The maximum Gasteiger partial charge on any atom is 0.325 e. The number of anilines is 1. The Morgan fingerprint density at radius 2 is 2.22 bits per heavy atom. The van der Waals surface area contributed by atoms with Gasteiger partial charge in [-0.15, -0.1) is 0 Å². The van der Waals surface area contributed by atoms with Gasteiger partial charge < -0.3 is 15.8 Å². The number of amides is 1. The Balaban J connectivity index is 2.58. The summed E-state index contributed by atoms with van der Waals surface area (Å²) in [5.41, 5.74) is 5.89. The molecule has 1 aromatic heterocycles. The van der Waals surface area contributed by atoms with Crippen LogP contribution in [-0.2, 0) is 16.6 Å². The third-order valence-electron chi connectivity index (χ3n) is 2.14. The predicted molar refractivity (Wildman–Crippen MR) is 68.9 cm³/mol. The van der Waals surface area contributed by atoms with E-state index in [4.69, 9.17) is 10.5 Å². The van der Waals surface area contributed by atoms with Gasteiger partial charge in [0.1, 0.15) is 22.5 Å². The van der Waals surface area contributed by atoms with E-state index in [-0.39, 0.29) is 17.9 Å². The second kappa shape index (κ2) is 6.39. The molecular weight excluding hydrogens is 304 g/mol. The summed E-state index contributed by atoms with van der Waals surface area (Å²) in [4.78, 5) is 23.0. The molecule has 18 heavy (non-hydrogen) atoms. The van der Waals surface area contributed by atoms with Crippen molar-refractivity contribution >= 4 is 33.6 Å². The average Bonchev–Trinajstić information content (AvgIpc) is 2.58. The van der Waals surface area contributed by atoms with E-state index in [2.05, 4.69) is 26.3 Å². The van der Waals surface area contributed by atoms with Crippen LogP contribution < -0.4 is 11.1 Å². The number of hydrogen-bond donors (Lipinski definition) is 2. The number of nitrogens with one attached hydrogen (secondary N) is 1. The van der Waals surface area contributed by atoms with Gasteiger partial charge >= 0.3 is 5.97 Å². The number of carbonyl (C=O) groups excluding carboxylic acids is 2. The molecule has 0 fully saturated rings. The maximum atomic E-state index is 11.8. The van der Waals surface area contributed by atoms with E-state index in [1.165, 1.54) is 4.68 Å². The van der Waals surface area contributed by atoms with Gasteiger partial charge in [0.2, 0.25) is 0 Å². The summed E-state index contributed by atoms with van der Waals surface area (Å²) in [7, 11) is 1.62. The molecule has 0 radical (unpaired) electrons. The molecule has 1 rings (SSSR count). The lowest BCUT2D eigenvalue weighted by molar-refractivity contribution is -0.142. The summed E-state index contributed by atoms with van der Waals surface area (Å²) >= 11 is 3.13. The fraction of sp³-hybridized carbons (Fsp3) is 0.500. The molecule has 0 saturated carbocycles. The van der Waals surface area contributed by atoms with E-state index in [0.717, 1.165) is 6.42 Å². The van der Waals surface area contributed by atoms with E-state index < -0.39 is 11.9 Å². The Kier molecular flexibility index (Phi) is 5.14. The molecule has 0 atom stereocenters. The zero-order chi connectivity index (χ0) is 13.7. The number of ether oxygens (including phenoxy) is 1. The molecule has 0 saturated heterocycles. The Morgan fingerprint density at radius 1 is 1.56 bits per heavy atom. The highest BCUT2D eigenvalue weighted by atomic mass is 79.9. The monoisotopic (exact) mass is 318 g/mol. The molecule has 1 amide bonds. The number of nitrogens with zero attached hydrogens (tertiary/aromatic N) is 2. The van der Waals surface area contributed by atoms with Crippen molar-refractivity contribution in [3.8, 4) is 0 Å². The van der Waals surface area contributed by atoms with Crippen molar-refractivity contribution in [1.82, 2.24) is 15.1 Å². The molecular formula is C10H15BrN4O3. The van der Waals surface area contributed by atoms with E-state index in [9.17, 15) is 9.59 Å². The summed E-state index contributed by atoms with van der Waals surface area (Å²) in [6.07, 6.45) is 0.737. The molecule has 8 heteroatoms. The van der Waals surface area contributed by atoms with Crippen LogP contribution in [0.1, 0.15) is 23.7 Å². The number of esters is 1. The number of carbonyl (C=O) groups is 2. The highest BCUT2D eigenvalue weighted by molar-refractivity contribution is 9.10. The molecule has 7 nitrogen and oxygen atoms in total. The van der Waals surface area contributed by atoms with Crippen LogP contribution in [-0.4, -0.2) is 34.8 Å². The van der Waals surface area contributed by atoms with E-state index >= 15 is 0 Å². The lowest BCUT2D eigenvalue weighted by atomic mass is 10.3. The summed E-state index contributed by atoms with van der Waals surface area (Å²) in [5.74, 6) is -0.731. The number of rotatable bonds is 5. The second-order valence-electron chi connectivity index (χ2n) is 3.58. The van der Waals surface area contributed by atoms with E-state index in [1.807, 2.05) is 6.92 Å². The van der Waals surface area contributed by atoms with Crippen LogP contribution in [0.2, 0.25) is 0 Å². The molecule has 0 unspecified atom stereocenters. The Morgan fingerprint density at radius 3 is 2.72 bits per heavy atom. The topological polar surface area (TPSA) is 99.2 Å². The minimum atomic E-state index is -0.483. The predicted octanol–water partition coefficient (Wildman–Crippen LogP) is 0.448. The molecule has 100 valence electrons. The average molecular weight is 319 g/mol. The van der Waals surface area contributed by atoms with Gasteiger partial charge in [0.05, 0.1) is 6.61 Å². The molecule has 0 aromatic carbocycles. The van der Waals surface area contributed by atoms with Crippen molar-refractivity contribution in [3.63, 3.8) is 0 Å². The second-order valence-corrected chi connectivity index (χ2v) is 4.33. The normalized spacial score (nSPS) is 10.2. The van der Waals surface area contributed by atoms with Crippen LogP contribution in [0.5, 0.6) is 0 Å². The zero-order valence-electron chi connectivity index (χ0n) is 10.2. The van der Waals surface area contributed by atoms with Crippen LogP contribution >= 0.6 is 15.9 Å². The number of aromatic nitrogens is 2. The van der Waals surface area contributed by atoms with Crippen molar-refractivity contribution in [1.29, 1.82) is 0 Å². The quantitative estimate of drug-likeness (QED) is 0.768. The van der Waals surface area contributed by atoms with Gasteiger partial charge in [0.25, 0.3) is 5.91 Å². The Hall–Kier alpha value is -1.57. The first kappa shape index (κ1) is 14.5. The van der Waals surface area contributed by atoms with Gasteiger partial charge in [0, 0.05) is 7.05 Å². The minimum absolute atomic E-state index is 0.195. The molecule has 3 N–H and O–H groups in total. The lowest BCUT2D eigenvalue weighted by Crippen LogP contribution is -2.31. The molecule has 0 aliphatic carbocycles. The minimum Gasteiger partial charge on any atom is -0.464 e. The first-order valence-corrected chi connectivity index (χ1v) is 6.18. The number of nitrogens with two attached hydrogens (primary N) is 1. The largest absolute Gasteiger partial charge is 0.464 e. The van der Waals surface area contributed by atoms with Crippen molar-refractivity contribution in [2.45, 2.75) is 13.3 Å². The summed E-state index contributed by atoms with van der Waals surface area (Å²) in [6.45, 7) is 2.03.